The average molecular weight is 376 g/mol. The molecule has 0 aliphatic rings. The van der Waals surface area contributed by atoms with Crippen molar-refractivity contribution in [1.82, 2.24) is 0 Å². The molecular weight excluding hydrogens is 362 g/mol. The molecule has 0 N–H and O–H groups in total. The lowest BCUT2D eigenvalue weighted by Crippen LogP contribution is -2.10. The molecule has 0 aliphatic heterocycles. The Hall–Kier alpha value is -2.52. The van der Waals surface area contributed by atoms with Crippen molar-refractivity contribution in [2.45, 2.75) is 6.92 Å². The number of halogens is 1. The molecule has 0 radical (unpaired) electrons. The SMILES string of the molecule is CCOc1cc(C#N)cc(Br)c1OC(=O)c1cccc(OC)c1. The van der Waals surface area contributed by atoms with E-state index in [1.807, 2.05) is 6.07 Å². The molecule has 0 saturated heterocycles. The third-order valence-electron chi connectivity index (χ3n) is 2.94. The molecule has 2 aromatic carbocycles. The summed E-state index contributed by atoms with van der Waals surface area (Å²) in [5.41, 5.74) is 0.754. The van der Waals surface area contributed by atoms with Crippen molar-refractivity contribution in [1.29, 1.82) is 5.26 Å². The van der Waals surface area contributed by atoms with E-state index < -0.39 is 5.97 Å². The Kier molecular flexibility index (Phi) is 5.61. The molecule has 0 atom stereocenters. The highest BCUT2D eigenvalue weighted by atomic mass is 79.9. The second kappa shape index (κ2) is 7.65. The maximum Gasteiger partial charge on any atom is 0.343 e. The van der Waals surface area contributed by atoms with Crippen LogP contribution in [0.25, 0.3) is 0 Å². The van der Waals surface area contributed by atoms with Gasteiger partial charge >= 0.3 is 5.97 Å². The van der Waals surface area contributed by atoms with Crippen LogP contribution >= 0.6 is 15.9 Å². The zero-order chi connectivity index (χ0) is 16.8. The number of methoxy groups -OCH3 is 1. The maximum atomic E-state index is 12.3. The van der Waals surface area contributed by atoms with E-state index in [-0.39, 0.29) is 5.75 Å². The topological polar surface area (TPSA) is 68.5 Å². The molecular formula is C17H14BrNO4. The summed E-state index contributed by atoms with van der Waals surface area (Å²) in [6.07, 6.45) is 0. The minimum atomic E-state index is -0.546. The molecule has 0 aliphatic carbocycles. The van der Waals surface area contributed by atoms with E-state index in [4.69, 9.17) is 19.5 Å². The molecule has 6 heteroatoms. The summed E-state index contributed by atoms with van der Waals surface area (Å²) in [6, 6.07) is 11.8. The third-order valence-corrected chi connectivity index (χ3v) is 3.53. The fourth-order valence-corrected chi connectivity index (χ4v) is 2.42. The molecule has 0 bridgehead atoms. The van der Waals surface area contributed by atoms with Crippen molar-refractivity contribution in [2.24, 2.45) is 0 Å². The first-order valence-corrected chi connectivity index (χ1v) is 7.61. The molecule has 0 saturated carbocycles. The number of hydrogen-bond donors (Lipinski definition) is 0. The van der Waals surface area contributed by atoms with Crippen LogP contribution in [0, 0.1) is 11.3 Å². The maximum absolute atomic E-state index is 12.3. The minimum absolute atomic E-state index is 0.235. The van der Waals surface area contributed by atoms with E-state index in [0.717, 1.165) is 0 Å². The number of ether oxygens (including phenoxy) is 3. The smallest absolute Gasteiger partial charge is 0.343 e. The predicted molar refractivity (Wildman–Crippen MR) is 88.0 cm³/mol. The Bertz CT molecular complexity index is 768. The van der Waals surface area contributed by atoms with Crippen LogP contribution < -0.4 is 14.2 Å². The van der Waals surface area contributed by atoms with Crippen molar-refractivity contribution >= 4 is 21.9 Å². The van der Waals surface area contributed by atoms with Crippen LogP contribution in [0.3, 0.4) is 0 Å². The molecule has 0 unspecified atom stereocenters. The highest BCUT2D eigenvalue weighted by molar-refractivity contribution is 9.10. The van der Waals surface area contributed by atoms with Gasteiger partial charge in [-0.2, -0.15) is 5.26 Å². The third kappa shape index (κ3) is 4.02. The quantitative estimate of drug-likeness (QED) is 0.584. The van der Waals surface area contributed by atoms with Gasteiger partial charge in [-0.3, -0.25) is 0 Å². The summed E-state index contributed by atoms with van der Waals surface area (Å²) in [5.74, 6) is 0.576. The Morgan fingerprint density at radius 1 is 1.30 bits per heavy atom. The summed E-state index contributed by atoms with van der Waals surface area (Å²) in [7, 11) is 1.52. The molecule has 0 heterocycles. The summed E-state index contributed by atoms with van der Waals surface area (Å²) in [5, 5.41) is 9.02. The van der Waals surface area contributed by atoms with Crippen LogP contribution in [0.4, 0.5) is 0 Å². The summed E-state index contributed by atoms with van der Waals surface area (Å²) in [4.78, 5) is 12.3. The number of nitriles is 1. The predicted octanol–water partition coefficient (Wildman–Crippen LogP) is 3.95. The second-order valence-electron chi connectivity index (χ2n) is 4.45. The number of rotatable bonds is 5. The van der Waals surface area contributed by atoms with E-state index in [1.165, 1.54) is 13.2 Å². The van der Waals surface area contributed by atoms with E-state index in [1.54, 1.807) is 37.3 Å². The number of hydrogen-bond acceptors (Lipinski definition) is 5. The molecule has 0 spiro atoms. The van der Waals surface area contributed by atoms with Gasteiger partial charge in [0, 0.05) is 6.07 Å². The van der Waals surface area contributed by atoms with Crippen LogP contribution in [0.15, 0.2) is 40.9 Å². The van der Waals surface area contributed by atoms with Gasteiger partial charge in [0.15, 0.2) is 11.5 Å². The van der Waals surface area contributed by atoms with Gasteiger partial charge in [0.05, 0.1) is 35.4 Å². The number of esters is 1. The van der Waals surface area contributed by atoms with E-state index in [2.05, 4.69) is 15.9 Å². The van der Waals surface area contributed by atoms with Crippen LogP contribution in [0.1, 0.15) is 22.8 Å². The van der Waals surface area contributed by atoms with Gasteiger partial charge < -0.3 is 14.2 Å². The number of carbonyl (C=O) groups is 1. The largest absolute Gasteiger partial charge is 0.497 e. The van der Waals surface area contributed by atoms with Gasteiger partial charge in [-0.15, -0.1) is 0 Å². The zero-order valence-corrected chi connectivity index (χ0v) is 14.2. The molecule has 5 nitrogen and oxygen atoms in total. The van der Waals surface area contributed by atoms with E-state index >= 15 is 0 Å². The lowest BCUT2D eigenvalue weighted by Gasteiger charge is -2.13. The molecule has 0 aromatic heterocycles. The van der Waals surface area contributed by atoms with Crippen molar-refractivity contribution in [3.63, 3.8) is 0 Å². The van der Waals surface area contributed by atoms with Gasteiger partial charge in [-0.05, 0) is 47.1 Å². The standard InChI is InChI=1S/C17H14BrNO4/c1-3-22-15-8-11(10-19)7-14(18)16(15)23-17(20)12-5-4-6-13(9-12)21-2/h4-9H,3H2,1-2H3. The number of carbonyl (C=O) groups excluding carboxylic acids is 1. The molecule has 0 fully saturated rings. The molecule has 2 aromatic rings. The van der Waals surface area contributed by atoms with Crippen molar-refractivity contribution in [2.75, 3.05) is 13.7 Å². The van der Waals surface area contributed by atoms with Crippen molar-refractivity contribution < 1.29 is 19.0 Å². The highest BCUT2D eigenvalue weighted by Gasteiger charge is 2.17. The van der Waals surface area contributed by atoms with Gasteiger partial charge in [0.1, 0.15) is 5.75 Å². The van der Waals surface area contributed by atoms with Crippen molar-refractivity contribution in [3.8, 4) is 23.3 Å². The van der Waals surface area contributed by atoms with Gasteiger partial charge in [-0.1, -0.05) is 6.07 Å². The van der Waals surface area contributed by atoms with E-state index in [0.29, 0.717) is 33.7 Å². The first-order chi connectivity index (χ1) is 11.1. The lowest BCUT2D eigenvalue weighted by molar-refractivity contribution is 0.0726. The van der Waals surface area contributed by atoms with Gasteiger partial charge in [-0.25, -0.2) is 4.79 Å². The lowest BCUT2D eigenvalue weighted by atomic mass is 10.2. The van der Waals surface area contributed by atoms with Crippen LogP contribution in [0.2, 0.25) is 0 Å². The Balaban J connectivity index is 2.35. The normalized spacial score (nSPS) is 9.83. The molecule has 2 rings (SSSR count). The summed E-state index contributed by atoms with van der Waals surface area (Å²) >= 11 is 3.30. The first kappa shape index (κ1) is 16.8. The van der Waals surface area contributed by atoms with Crippen molar-refractivity contribution in [3.05, 3.63) is 52.0 Å². The first-order valence-electron chi connectivity index (χ1n) is 6.81. The van der Waals surface area contributed by atoms with Crippen LogP contribution in [-0.2, 0) is 0 Å². The Labute approximate surface area is 142 Å². The molecule has 0 amide bonds. The molecule has 23 heavy (non-hydrogen) atoms. The Morgan fingerprint density at radius 3 is 2.74 bits per heavy atom. The summed E-state index contributed by atoms with van der Waals surface area (Å²) < 4.78 is 16.5. The monoisotopic (exact) mass is 375 g/mol. The number of nitrogens with zero attached hydrogens (tertiary/aromatic N) is 1. The Morgan fingerprint density at radius 2 is 2.09 bits per heavy atom. The fourth-order valence-electron chi connectivity index (χ4n) is 1.90. The van der Waals surface area contributed by atoms with Gasteiger partial charge in [0.25, 0.3) is 0 Å². The average Bonchev–Trinajstić information content (AvgIpc) is 2.57. The fraction of sp³-hybridized carbons (Fsp3) is 0.176. The summed E-state index contributed by atoms with van der Waals surface area (Å²) in [6.45, 7) is 2.19. The molecule has 118 valence electrons. The highest BCUT2D eigenvalue weighted by Crippen LogP contribution is 2.37. The van der Waals surface area contributed by atoms with Crippen LogP contribution in [0.5, 0.6) is 17.2 Å². The minimum Gasteiger partial charge on any atom is -0.497 e. The van der Waals surface area contributed by atoms with Crippen LogP contribution in [-0.4, -0.2) is 19.7 Å². The number of benzene rings is 2. The zero-order valence-electron chi connectivity index (χ0n) is 12.6. The second-order valence-corrected chi connectivity index (χ2v) is 5.31. The van der Waals surface area contributed by atoms with Gasteiger partial charge in [0.2, 0.25) is 0 Å². The van der Waals surface area contributed by atoms with E-state index in [9.17, 15) is 4.79 Å².